The number of amides is 1. The number of rotatable bonds is 6. The third kappa shape index (κ3) is 4.98. The molecule has 0 heterocycles. The summed E-state index contributed by atoms with van der Waals surface area (Å²) >= 11 is 0. The third-order valence-corrected chi connectivity index (χ3v) is 4.16. The average Bonchev–Trinajstić information content (AvgIpc) is 2.73. The van der Waals surface area contributed by atoms with Crippen molar-refractivity contribution in [2.45, 2.75) is 6.92 Å². The molecule has 3 aromatic rings. The largest absolute Gasteiger partial charge is 0.482 e. The van der Waals surface area contributed by atoms with Crippen LogP contribution < -0.4 is 14.4 Å². The van der Waals surface area contributed by atoms with Gasteiger partial charge in [-0.3, -0.25) is 4.79 Å². The number of ether oxygens (including phenoxy) is 2. The normalized spacial score (nSPS) is 10.2. The average molecular weight is 375 g/mol. The highest BCUT2D eigenvalue weighted by molar-refractivity contribution is 6.05. The van der Waals surface area contributed by atoms with E-state index in [1.165, 1.54) is 0 Å². The van der Waals surface area contributed by atoms with Gasteiger partial charge in [0, 0.05) is 18.3 Å². The number of anilines is 1. The minimum Gasteiger partial charge on any atom is -0.482 e. The van der Waals surface area contributed by atoms with Crippen molar-refractivity contribution < 1.29 is 19.1 Å². The van der Waals surface area contributed by atoms with Crippen LogP contribution in [0.3, 0.4) is 0 Å². The molecule has 3 rings (SSSR count). The van der Waals surface area contributed by atoms with Crippen molar-refractivity contribution in [1.82, 2.24) is 0 Å². The Kier molecular flexibility index (Phi) is 6.07. The number of esters is 1. The van der Waals surface area contributed by atoms with E-state index in [0.717, 1.165) is 5.56 Å². The molecule has 0 spiro atoms. The lowest BCUT2D eigenvalue weighted by Gasteiger charge is -2.18. The van der Waals surface area contributed by atoms with Gasteiger partial charge in [-0.2, -0.15) is 0 Å². The molecule has 0 saturated heterocycles. The molecule has 5 nitrogen and oxygen atoms in total. The Labute approximate surface area is 164 Å². The van der Waals surface area contributed by atoms with E-state index >= 15 is 0 Å². The second kappa shape index (κ2) is 8.86. The van der Waals surface area contributed by atoms with Gasteiger partial charge in [-0.15, -0.1) is 0 Å². The van der Waals surface area contributed by atoms with E-state index in [9.17, 15) is 9.59 Å². The molecule has 28 heavy (non-hydrogen) atoms. The molecule has 142 valence electrons. The first-order valence-electron chi connectivity index (χ1n) is 8.86. The van der Waals surface area contributed by atoms with Gasteiger partial charge in [-0.05, 0) is 55.5 Å². The summed E-state index contributed by atoms with van der Waals surface area (Å²) in [7, 11) is 1.71. The maximum atomic E-state index is 12.6. The fraction of sp³-hybridized carbons (Fsp3) is 0.130. The van der Waals surface area contributed by atoms with E-state index in [1.54, 1.807) is 60.5 Å². The van der Waals surface area contributed by atoms with Crippen LogP contribution in [0.25, 0.3) is 0 Å². The van der Waals surface area contributed by atoms with Gasteiger partial charge in [-0.1, -0.05) is 35.9 Å². The van der Waals surface area contributed by atoms with E-state index in [4.69, 9.17) is 9.47 Å². The summed E-state index contributed by atoms with van der Waals surface area (Å²) < 4.78 is 10.6. The Morgan fingerprint density at radius 1 is 0.821 bits per heavy atom. The maximum absolute atomic E-state index is 12.6. The molecule has 0 aromatic heterocycles. The van der Waals surface area contributed by atoms with Crippen LogP contribution in [0.15, 0.2) is 78.9 Å². The van der Waals surface area contributed by atoms with E-state index in [1.807, 2.05) is 37.3 Å². The van der Waals surface area contributed by atoms with Crippen LogP contribution in [0.5, 0.6) is 11.5 Å². The predicted molar refractivity (Wildman–Crippen MR) is 108 cm³/mol. The molecule has 0 unspecified atom stereocenters. The number of aryl methyl sites for hydroxylation is 1. The summed E-state index contributed by atoms with van der Waals surface area (Å²) in [6.07, 6.45) is 0. The van der Waals surface area contributed by atoms with Crippen LogP contribution in [0.1, 0.15) is 15.9 Å². The topological polar surface area (TPSA) is 55.8 Å². The second-order valence-corrected chi connectivity index (χ2v) is 6.30. The quantitative estimate of drug-likeness (QED) is 0.477. The van der Waals surface area contributed by atoms with Crippen molar-refractivity contribution in [3.63, 3.8) is 0 Å². The van der Waals surface area contributed by atoms with Gasteiger partial charge in [0.05, 0.1) is 0 Å². The Balaban J connectivity index is 1.57. The molecule has 5 heteroatoms. The highest BCUT2D eigenvalue weighted by atomic mass is 16.6. The number of para-hydroxylation sites is 1. The van der Waals surface area contributed by atoms with E-state index in [2.05, 4.69) is 0 Å². The van der Waals surface area contributed by atoms with Crippen LogP contribution in [0, 0.1) is 6.92 Å². The van der Waals surface area contributed by atoms with E-state index in [0.29, 0.717) is 22.7 Å². The van der Waals surface area contributed by atoms with Gasteiger partial charge in [0.15, 0.2) is 6.61 Å². The van der Waals surface area contributed by atoms with Crippen molar-refractivity contribution >= 4 is 17.6 Å². The van der Waals surface area contributed by atoms with Gasteiger partial charge < -0.3 is 14.4 Å². The summed E-state index contributed by atoms with van der Waals surface area (Å²) in [6.45, 7) is 1.79. The monoisotopic (exact) mass is 375 g/mol. The van der Waals surface area contributed by atoms with E-state index < -0.39 is 5.97 Å². The summed E-state index contributed by atoms with van der Waals surface area (Å²) in [5.74, 6) is 0.384. The second-order valence-electron chi connectivity index (χ2n) is 6.30. The van der Waals surface area contributed by atoms with Gasteiger partial charge in [0.2, 0.25) is 0 Å². The van der Waals surface area contributed by atoms with Gasteiger partial charge in [0.1, 0.15) is 11.5 Å². The Hall–Kier alpha value is -3.60. The van der Waals surface area contributed by atoms with Gasteiger partial charge >= 0.3 is 5.97 Å². The molecule has 3 aromatic carbocycles. The molecule has 0 N–H and O–H groups in total. The lowest BCUT2D eigenvalue weighted by Crippen LogP contribution is -2.26. The zero-order valence-corrected chi connectivity index (χ0v) is 15.8. The van der Waals surface area contributed by atoms with Crippen molar-refractivity contribution in [1.29, 1.82) is 0 Å². The number of carbonyl (C=O) groups is 2. The molecule has 0 fully saturated rings. The Bertz CT molecular complexity index is 935. The molecular formula is C23H21NO4. The SMILES string of the molecule is Cc1ccc(C(=O)N(C)c2ccc(OC(=O)COc3ccccc3)cc2)cc1. The number of benzene rings is 3. The molecule has 0 saturated carbocycles. The number of carbonyl (C=O) groups excluding carboxylic acids is 2. The van der Waals surface area contributed by atoms with Crippen LogP contribution in [-0.4, -0.2) is 25.5 Å². The smallest absolute Gasteiger partial charge is 0.349 e. The number of hydrogen-bond acceptors (Lipinski definition) is 4. The minimum atomic E-state index is -0.499. The van der Waals surface area contributed by atoms with Crippen LogP contribution in [-0.2, 0) is 4.79 Å². The number of hydrogen-bond donors (Lipinski definition) is 0. The highest BCUT2D eigenvalue weighted by Crippen LogP contribution is 2.20. The number of nitrogens with zero attached hydrogens (tertiary/aromatic N) is 1. The Morgan fingerprint density at radius 3 is 2.11 bits per heavy atom. The van der Waals surface area contributed by atoms with Crippen molar-refractivity contribution in [2.24, 2.45) is 0 Å². The van der Waals surface area contributed by atoms with Crippen LogP contribution in [0.4, 0.5) is 5.69 Å². The zero-order valence-electron chi connectivity index (χ0n) is 15.8. The van der Waals surface area contributed by atoms with Crippen molar-refractivity contribution in [3.05, 3.63) is 90.0 Å². The first kappa shape index (κ1) is 19.2. The molecule has 0 aliphatic heterocycles. The van der Waals surface area contributed by atoms with Gasteiger partial charge in [0.25, 0.3) is 5.91 Å². The first-order valence-corrected chi connectivity index (χ1v) is 8.86. The standard InChI is InChI=1S/C23H21NO4/c1-17-8-10-18(11-9-17)23(26)24(2)19-12-14-21(15-13-19)28-22(25)16-27-20-6-4-3-5-7-20/h3-15H,16H2,1-2H3. The fourth-order valence-corrected chi connectivity index (χ4v) is 2.56. The summed E-state index contributed by atoms with van der Waals surface area (Å²) in [6, 6.07) is 23.2. The molecule has 0 radical (unpaired) electrons. The van der Waals surface area contributed by atoms with E-state index in [-0.39, 0.29) is 12.5 Å². The lowest BCUT2D eigenvalue weighted by atomic mass is 10.1. The first-order chi connectivity index (χ1) is 13.5. The molecule has 0 aliphatic carbocycles. The third-order valence-electron chi connectivity index (χ3n) is 4.16. The molecule has 0 atom stereocenters. The molecule has 0 bridgehead atoms. The minimum absolute atomic E-state index is 0.110. The summed E-state index contributed by atoms with van der Waals surface area (Å²) in [5.41, 5.74) is 2.41. The predicted octanol–water partition coefficient (Wildman–Crippen LogP) is 4.26. The zero-order chi connectivity index (χ0) is 19.9. The highest BCUT2D eigenvalue weighted by Gasteiger charge is 2.14. The lowest BCUT2D eigenvalue weighted by molar-refractivity contribution is -0.136. The molecular weight excluding hydrogens is 354 g/mol. The fourth-order valence-electron chi connectivity index (χ4n) is 2.56. The maximum Gasteiger partial charge on any atom is 0.349 e. The van der Waals surface area contributed by atoms with Crippen molar-refractivity contribution in [3.8, 4) is 11.5 Å². The Morgan fingerprint density at radius 2 is 1.46 bits per heavy atom. The molecule has 0 aliphatic rings. The van der Waals surface area contributed by atoms with Crippen molar-refractivity contribution in [2.75, 3.05) is 18.6 Å². The summed E-state index contributed by atoms with van der Waals surface area (Å²) in [4.78, 5) is 26.0. The summed E-state index contributed by atoms with van der Waals surface area (Å²) in [5, 5.41) is 0. The van der Waals surface area contributed by atoms with Crippen LogP contribution >= 0.6 is 0 Å². The van der Waals surface area contributed by atoms with Crippen LogP contribution in [0.2, 0.25) is 0 Å². The van der Waals surface area contributed by atoms with Gasteiger partial charge in [-0.25, -0.2) is 4.79 Å². The molecule has 1 amide bonds.